The van der Waals surface area contributed by atoms with Crippen LogP contribution in [0, 0.1) is 0 Å². The van der Waals surface area contributed by atoms with E-state index in [-0.39, 0.29) is 11.9 Å². The lowest BCUT2D eigenvalue weighted by atomic mass is 9.97. The Morgan fingerprint density at radius 2 is 1.93 bits per heavy atom. The third kappa shape index (κ3) is 4.15. The summed E-state index contributed by atoms with van der Waals surface area (Å²) in [5.41, 5.74) is 1.40. The predicted octanol–water partition coefficient (Wildman–Crippen LogP) is 3.49. The number of likely N-dealkylation sites (tertiary alicyclic amines) is 1. The van der Waals surface area contributed by atoms with Crippen LogP contribution >= 0.6 is 11.3 Å². The lowest BCUT2D eigenvalue weighted by Crippen LogP contribution is -2.37. The second kappa shape index (κ2) is 8.74. The summed E-state index contributed by atoms with van der Waals surface area (Å²) in [5, 5.41) is 7.46. The van der Waals surface area contributed by atoms with Crippen LogP contribution in [0.15, 0.2) is 0 Å². The van der Waals surface area contributed by atoms with Crippen LogP contribution in [0.2, 0.25) is 0 Å². The minimum absolute atomic E-state index is 0.0101. The van der Waals surface area contributed by atoms with Crippen molar-refractivity contribution in [3.8, 4) is 0 Å². The number of aromatic nitrogens is 2. The first-order chi connectivity index (χ1) is 13.7. The zero-order valence-electron chi connectivity index (χ0n) is 17.0. The number of carbonyl (C=O) groups excluding carboxylic acids is 1. The number of amides is 1. The molecule has 1 aliphatic carbocycles. The molecule has 1 amide bonds. The number of nitrogens with one attached hydrogen (secondary N) is 2. The van der Waals surface area contributed by atoms with Crippen molar-refractivity contribution in [2.45, 2.75) is 71.4 Å². The van der Waals surface area contributed by atoms with Gasteiger partial charge in [-0.15, -0.1) is 11.3 Å². The maximum absolute atomic E-state index is 12.3. The first-order valence-electron chi connectivity index (χ1n) is 10.7. The maximum atomic E-state index is 12.3. The van der Waals surface area contributed by atoms with Gasteiger partial charge < -0.3 is 10.6 Å². The van der Waals surface area contributed by atoms with Crippen LogP contribution in [-0.4, -0.2) is 46.5 Å². The van der Waals surface area contributed by atoms with Crippen LogP contribution in [0.25, 0.3) is 10.2 Å². The van der Waals surface area contributed by atoms with Gasteiger partial charge in [0.1, 0.15) is 22.5 Å². The molecule has 2 aromatic heterocycles. The molecule has 3 heterocycles. The molecule has 1 atom stereocenters. The molecule has 0 bridgehead atoms. The highest BCUT2D eigenvalue weighted by atomic mass is 32.1. The van der Waals surface area contributed by atoms with Crippen LogP contribution in [-0.2, 0) is 24.2 Å². The van der Waals surface area contributed by atoms with Crippen LogP contribution in [0.3, 0.4) is 0 Å². The minimum atomic E-state index is -0.319. The van der Waals surface area contributed by atoms with Gasteiger partial charge in [0.15, 0.2) is 0 Å². The Balaban J connectivity index is 1.68. The van der Waals surface area contributed by atoms with Gasteiger partial charge in [-0.05, 0) is 71.0 Å². The SMILES string of the molecule is CCNC(=O)[C@H](C)Nc1nc(CN2CCCCC2)nc2sc3c(c12)CCCC3. The molecule has 7 heteroatoms. The molecule has 0 spiro atoms. The van der Waals surface area contributed by atoms with Gasteiger partial charge in [-0.1, -0.05) is 6.42 Å². The second-order valence-electron chi connectivity index (χ2n) is 7.98. The van der Waals surface area contributed by atoms with Gasteiger partial charge in [0.05, 0.1) is 11.9 Å². The summed E-state index contributed by atoms with van der Waals surface area (Å²) in [4.78, 5) is 27.2. The topological polar surface area (TPSA) is 70.2 Å². The largest absolute Gasteiger partial charge is 0.358 e. The van der Waals surface area contributed by atoms with Gasteiger partial charge in [-0.2, -0.15) is 0 Å². The molecule has 28 heavy (non-hydrogen) atoms. The molecule has 4 rings (SSSR count). The van der Waals surface area contributed by atoms with Gasteiger partial charge in [-0.25, -0.2) is 9.97 Å². The molecule has 152 valence electrons. The highest BCUT2D eigenvalue weighted by molar-refractivity contribution is 7.19. The molecule has 0 radical (unpaired) electrons. The quantitative estimate of drug-likeness (QED) is 0.775. The lowest BCUT2D eigenvalue weighted by Gasteiger charge is -2.25. The first kappa shape index (κ1) is 19.6. The average Bonchev–Trinajstić information content (AvgIpc) is 3.07. The lowest BCUT2D eigenvalue weighted by molar-refractivity contribution is -0.121. The zero-order chi connectivity index (χ0) is 19.5. The van der Waals surface area contributed by atoms with Crippen molar-refractivity contribution in [1.29, 1.82) is 0 Å². The van der Waals surface area contributed by atoms with Crippen molar-refractivity contribution in [2.24, 2.45) is 0 Å². The molecule has 1 aliphatic heterocycles. The summed E-state index contributed by atoms with van der Waals surface area (Å²) in [6.45, 7) is 7.53. The van der Waals surface area contributed by atoms with E-state index in [2.05, 4.69) is 15.5 Å². The highest BCUT2D eigenvalue weighted by Gasteiger charge is 2.24. The Morgan fingerprint density at radius 3 is 2.71 bits per heavy atom. The van der Waals surface area contributed by atoms with Gasteiger partial charge in [0.25, 0.3) is 0 Å². The van der Waals surface area contributed by atoms with E-state index in [1.54, 1.807) is 0 Å². The van der Waals surface area contributed by atoms with E-state index < -0.39 is 0 Å². The summed E-state index contributed by atoms with van der Waals surface area (Å²) in [6, 6.07) is -0.319. The number of hydrogen-bond donors (Lipinski definition) is 2. The monoisotopic (exact) mass is 401 g/mol. The molecule has 0 unspecified atom stereocenters. The Morgan fingerprint density at radius 1 is 1.14 bits per heavy atom. The van der Waals surface area contributed by atoms with Crippen molar-refractivity contribution in [1.82, 2.24) is 20.2 Å². The van der Waals surface area contributed by atoms with E-state index in [0.717, 1.165) is 54.3 Å². The van der Waals surface area contributed by atoms with Gasteiger partial charge in [-0.3, -0.25) is 9.69 Å². The molecule has 2 aromatic rings. The Labute approximate surface area is 171 Å². The first-order valence-corrected chi connectivity index (χ1v) is 11.5. The molecule has 2 aliphatic rings. The molecule has 2 N–H and O–H groups in total. The number of aryl methyl sites for hydroxylation is 2. The number of rotatable bonds is 6. The van der Waals surface area contributed by atoms with Crippen LogP contribution in [0.1, 0.15) is 62.2 Å². The Kier molecular flexibility index (Phi) is 6.11. The molecular weight excluding hydrogens is 370 g/mol. The Bertz CT molecular complexity index is 843. The minimum Gasteiger partial charge on any atom is -0.358 e. The van der Waals surface area contributed by atoms with Crippen LogP contribution in [0.4, 0.5) is 5.82 Å². The summed E-state index contributed by atoms with van der Waals surface area (Å²) >= 11 is 1.83. The van der Waals surface area contributed by atoms with Crippen molar-refractivity contribution < 1.29 is 4.79 Å². The summed E-state index contributed by atoms with van der Waals surface area (Å²) in [6.07, 6.45) is 8.55. The third-order valence-corrected chi connectivity index (χ3v) is 6.96. The fourth-order valence-corrected chi connectivity index (χ4v) is 5.57. The number of hydrogen-bond acceptors (Lipinski definition) is 6. The van der Waals surface area contributed by atoms with Crippen LogP contribution < -0.4 is 10.6 Å². The van der Waals surface area contributed by atoms with Crippen molar-refractivity contribution in [3.05, 3.63) is 16.3 Å². The number of carbonyl (C=O) groups is 1. The van der Waals surface area contributed by atoms with Crippen molar-refractivity contribution in [2.75, 3.05) is 25.0 Å². The molecule has 1 saturated heterocycles. The summed E-state index contributed by atoms with van der Waals surface area (Å²) in [5.74, 6) is 1.73. The molecule has 0 saturated carbocycles. The number of likely N-dealkylation sites (N-methyl/N-ethyl adjacent to an activating group) is 1. The number of thiophene rings is 1. The van der Waals surface area contributed by atoms with E-state index in [1.807, 2.05) is 25.2 Å². The summed E-state index contributed by atoms with van der Waals surface area (Å²) in [7, 11) is 0. The number of piperidine rings is 1. The normalized spacial score (nSPS) is 18.6. The number of anilines is 1. The van der Waals surface area contributed by atoms with E-state index in [4.69, 9.17) is 9.97 Å². The van der Waals surface area contributed by atoms with E-state index in [9.17, 15) is 4.79 Å². The Hall–Kier alpha value is -1.73. The standard InChI is InChI=1S/C21H31N5OS/c1-3-22-20(27)14(2)23-19-18-15-9-5-6-10-16(15)28-21(18)25-17(24-19)13-26-11-7-4-8-12-26/h14H,3-13H2,1-2H3,(H,22,27)(H,23,24,25)/t14-/m0/s1. The fourth-order valence-electron chi connectivity index (χ4n) is 4.29. The fraction of sp³-hybridized carbons (Fsp3) is 0.667. The summed E-state index contributed by atoms with van der Waals surface area (Å²) < 4.78 is 0. The molecular formula is C21H31N5OS. The van der Waals surface area contributed by atoms with Crippen LogP contribution in [0.5, 0.6) is 0 Å². The second-order valence-corrected chi connectivity index (χ2v) is 9.06. The van der Waals surface area contributed by atoms with Gasteiger partial charge in [0, 0.05) is 11.4 Å². The smallest absolute Gasteiger partial charge is 0.242 e. The molecule has 1 fully saturated rings. The molecule has 0 aromatic carbocycles. The van der Waals surface area contributed by atoms with Crippen molar-refractivity contribution in [3.63, 3.8) is 0 Å². The highest BCUT2D eigenvalue weighted by Crippen LogP contribution is 2.39. The molecule has 6 nitrogen and oxygen atoms in total. The maximum Gasteiger partial charge on any atom is 0.242 e. The van der Waals surface area contributed by atoms with Gasteiger partial charge in [0.2, 0.25) is 5.91 Å². The van der Waals surface area contributed by atoms with Gasteiger partial charge >= 0.3 is 0 Å². The van der Waals surface area contributed by atoms with E-state index >= 15 is 0 Å². The van der Waals surface area contributed by atoms with Crippen molar-refractivity contribution >= 4 is 33.3 Å². The van der Waals surface area contributed by atoms with E-state index in [1.165, 1.54) is 42.5 Å². The number of fused-ring (bicyclic) bond motifs is 3. The van der Waals surface area contributed by atoms with E-state index in [0.29, 0.717) is 6.54 Å². The third-order valence-electron chi connectivity index (χ3n) is 5.77. The average molecular weight is 402 g/mol. The zero-order valence-corrected chi connectivity index (χ0v) is 17.8. The predicted molar refractivity (Wildman–Crippen MR) is 115 cm³/mol. The number of nitrogens with zero attached hydrogens (tertiary/aromatic N) is 3.